The van der Waals surface area contributed by atoms with E-state index in [0.717, 1.165) is 16.0 Å². The van der Waals surface area contributed by atoms with Crippen molar-refractivity contribution in [2.75, 3.05) is 13.3 Å². The number of urea groups is 1. The number of unbranched alkanes of at least 4 members (excludes halogenated alkanes) is 1. The summed E-state index contributed by atoms with van der Waals surface area (Å²) in [5.41, 5.74) is 2.33. The van der Waals surface area contributed by atoms with Gasteiger partial charge in [-0.3, -0.25) is 9.59 Å². The number of nitrogens with zero attached hydrogens (tertiary/aromatic N) is 1. The fraction of sp³-hybridized carbons (Fsp3) is 0.297. The first-order valence-corrected chi connectivity index (χ1v) is 17.2. The monoisotopic (exact) mass is 700 g/mol. The van der Waals surface area contributed by atoms with Gasteiger partial charge in [0.25, 0.3) is 0 Å². The minimum absolute atomic E-state index is 0.0510. The molecule has 3 aromatic carbocycles. The minimum Gasteiger partial charge on any atom is -0.481 e. The molecule has 262 valence electrons. The van der Waals surface area contributed by atoms with Crippen molar-refractivity contribution in [2.24, 2.45) is 0 Å². The van der Waals surface area contributed by atoms with Crippen LogP contribution in [0.25, 0.3) is 0 Å². The Kier molecular flexibility index (Phi) is 13.1. The SMILES string of the molecule is O=C(O)C[C@H](NC(=O)N[C@H](CCCCNC(=O)OCc1ccccc1)C(=O)N(Cc1ccccc1)Cc1cccs1)c1ccc2c(c1)OCO2. The Morgan fingerprint density at radius 1 is 0.840 bits per heavy atom. The number of amides is 4. The molecule has 0 saturated carbocycles. The number of ether oxygens (including phenoxy) is 3. The predicted molar refractivity (Wildman–Crippen MR) is 187 cm³/mol. The largest absolute Gasteiger partial charge is 0.481 e. The summed E-state index contributed by atoms with van der Waals surface area (Å²) in [5, 5.41) is 19.9. The summed E-state index contributed by atoms with van der Waals surface area (Å²) in [6.45, 7) is 1.19. The molecule has 0 saturated heterocycles. The number of carbonyl (C=O) groups excluding carboxylic acids is 3. The molecule has 0 bridgehead atoms. The van der Waals surface area contributed by atoms with Crippen LogP contribution in [0.3, 0.4) is 0 Å². The van der Waals surface area contributed by atoms with E-state index in [1.807, 2.05) is 78.2 Å². The quantitative estimate of drug-likeness (QED) is 0.0981. The molecule has 1 aliphatic heterocycles. The Bertz CT molecular complexity index is 1710. The fourth-order valence-electron chi connectivity index (χ4n) is 5.44. The number of carboxylic acids is 1. The molecule has 4 aromatic rings. The highest BCUT2D eigenvalue weighted by atomic mass is 32.1. The summed E-state index contributed by atoms with van der Waals surface area (Å²) in [6, 6.07) is 25.3. The molecule has 5 rings (SSSR count). The molecule has 0 fully saturated rings. The van der Waals surface area contributed by atoms with Gasteiger partial charge in [-0.05, 0) is 59.5 Å². The molecule has 4 amide bonds. The van der Waals surface area contributed by atoms with Crippen molar-refractivity contribution in [1.82, 2.24) is 20.9 Å². The third kappa shape index (κ3) is 11.0. The van der Waals surface area contributed by atoms with E-state index >= 15 is 0 Å². The van der Waals surface area contributed by atoms with Crippen LogP contribution >= 0.6 is 11.3 Å². The van der Waals surface area contributed by atoms with Gasteiger partial charge in [-0.1, -0.05) is 72.8 Å². The number of benzene rings is 3. The average Bonchev–Trinajstić information content (AvgIpc) is 3.82. The number of thiophene rings is 1. The summed E-state index contributed by atoms with van der Waals surface area (Å²) in [6.07, 6.45) is 0.355. The molecule has 13 heteroatoms. The molecule has 50 heavy (non-hydrogen) atoms. The van der Waals surface area contributed by atoms with Crippen LogP contribution in [0.2, 0.25) is 0 Å². The van der Waals surface area contributed by atoms with Crippen LogP contribution in [0.5, 0.6) is 11.5 Å². The van der Waals surface area contributed by atoms with E-state index in [0.29, 0.717) is 49.5 Å². The predicted octanol–water partition coefficient (Wildman–Crippen LogP) is 5.99. The zero-order valence-electron chi connectivity index (χ0n) is 27.4. The number of carboxylic acid groups (broad SMARTS) is 1. The summed E-state index contributed by atoms with van der Waals surface area (Å²) >= 11 is 1.53. The molecule has 2 heterocycles. The van der Waals surface area contributed by atoms with Crippen molar-refractivity contribution in [2.45, 2.75) is 57.5 Å². The zero-order chi connectivity index (χ0) is 35.1. The van der Waals surface area contributed by atoms with Crippen LogP contribution in [0, 0.1) is 0 Å². The maximum absolute atomic E-state index is 14.2. The maximum atomic E-state index is 14.2. The van der Waals surface area contributed by atoms with Gasteiger partial charge in [0.15, 0.2) is 11.5 Å². The molecular weight excluding hydrogens is 660 g/mol. The topological polar surface area (TPSA) is 156 Å². The van der Waals surface area contributed by atoms with Gasteiger partial charge in [-0.2, -0.15) is 0 Å². The molecule has 0 aliphatic carbocycles. The highest BCUT2D eigenvalue weighted by Crippen LogP contribution is 2.35. The number of alkyl carbamates (subject to hydrolysis) is 1. The minimum atomic E-state index is -1.11. The lowest BCUT2D eigenvalue weighted by atomic mass is 10.0. The zero-order valence-corrected chi connectivity index (χ0v) is 28.2. The van der Waals surface area contributed by atoms with Crippen LogP contribution in [0.1, 0.15) is 53.3 Å². The van der Waals surface area contributed by atoms with Crippen molar-refractivity contribution >= 4 is 35.3 Å². The van der Waals surface area contributed by atoms with Gasteiger partial charge in [0.05, 0.1) is 19.0 Å². The second-order valence-electron chi connectivity index (χ2n) is 11.7. The van der Waals surface area contributed by atoms with Gasteiger partial charge in [0, 0.05) is 18.0 Å². The van der Waals surface area contributed by atoms with Crippen molar-refractivity contribution < 1.29 is 38.5 Å². The van der Waals surface area contributed by atoms with Gasteiger partial charge >= 0.3 is 18.1 Å². The Morgan fingerprint density at radius 2 is 1.58 bits per heavy atom. The van der Waals surface area contributed by atoms with Gasteiger partial charge in [0.2, 0.25) is 12.7 Å². The lowest BCUT2D eigenvalue weighted by Gasteiger charge is -2.29. The first-order valence-electron chi connectivity index (χ1n) is 16.3. The molecule has 0 unspecified atom stereocenters. The molecule has 0 radical (unpaired) electrons. The lowest BCUT2D eigenvalue weighted by molar-refractivity contribution is -0.137. The summed E-state index contributed by atoms with van der Waals surface area (Å²) in [7, 11) is 0. The first-order chi connectivity index (χ1) is 24.3. The molecule has 0 spiro atoms. The van der Waals surface area contributed by atoms with Crippen LogP contribution in [0.15, 0.2) is 96.4 Å². The van der Waals surface area contributed by atoms with Crippen molar-refractivity contribution in [3.05, 3.63) is 118 Å². The summed E-state index contributed by atoms with van der Waals surface area (Å²) < 4.78 is 16.1. The van der Waals surface area contributed by atoms with E-state index in [4.69, 9.17) is 14.2 Å². The van der Waals surface area contributed by atoms with E-state index in [2.05, 4.69) is 16.0 Å². The number of hydrogen-bond acceptors (Lipinski definition) is 8. The molecular formula is C37H40N4O8S. The van der Waals surface area contributed by atoms with E-state index in [1.165, 1.54) is 11.3 Å². The molecule has 4 N–H and O–H groups in total. The van der Waals surface area contributed by atoms with E-state index in [-0.39, 0.29) is 25.7 Å². The smallest absolute Gasteiger partial charge is 0.407 e. The first kappa shape index (κ1) is 35.7. The van der Waals surface area contributed by atoms with Crippen LogP contribution in [-0.4, -0.2) is 53.4 Å². The van der Waals surface area contributed by atoms with Gasteiger partial charge < -0.3 is 40.2 Å². The van der Waals surface area contributed by atoms with Gasteiger partial charge in [-0.15, -0.1) is 11.3 Å². The number of carbonyl (C=O) groups is 4. The summed E-state index contributed by atoms with van der Waals surface area (Å²) in [4.78, 5) is 54.4. The van der Waals surface area contributed by atoms with Crippen LogP contribution < -0.4 is 25.4 Å². The number of nitrogens with one attached hydrogen (secondary N) is 3. The fourth-order valence-corrected chi connectivity index (χ4v) is 6.16. The Morgan fingerprint density at radius 3 is 2.30 bits per heavy atom. The van der Waals surface area contributed by atoms with Gasteiger partial charge in [-0.25, -0.2) is 9.59 Å². The molecule has 1 aliphatic rings. The summed E-state index contributed by atoms with van der Waals surface area (Å²) in [5.74, 6) is -0.414. The second kappa shape index (κ2) is 18.3. The highest BCUT2D eigenvalue weighted by Gasteiger charge is 2.28. The number of fused-ring (bicyclic) bond motifs is 1. The number of rotatable bonds is 17. The highest BCUT2D eigenvalue weighted by molar-refractivity contribution is 7.09. The standard InChI is InChI=1S/C37H40N4O8S/c42-34(43)21-31(28-16-17-32-33(20-28)49-25-48-32)40-36(45)39-30(15-7-8-18-38-37(46)47-24-27-12-5-2-6-13-27)35(44)41(23-29-14-9-19-50-29)22-26-10-3-1-4-11-26/h1-6,9-14,16-17,19-20,30-31H,7-8,15,18,21-25H2,(H,38,46)(H,42,43)(H2,39,40,45)/t30-,31+/m1/s1. The van der Waals surface area contributed by atoms with Crippen molar-refractivity contribution in [1.29, 1.82) is 0 Å². The molecule has 2 atom stereocenters. The third-order valence-electron chi connectivity index (χ3n) is 7.94. The van der Waals surface area contributed by atoms with Crippen LogP contribution in [-0.2, 0) is 34.0 Å². The number of hydrogen-bond donors (Lipinski definition) is 4. The normalized spacial score (nSPS) is 12.7. The van der Waals surface area contributed by atoms with Crippen molar-refractivity contribution in [3.8, 4) is 11.5 Å². The lowest BCUT2D eigenvalue weighted by Crippen LogP contribution is -2.51. The Labute approximate surface area is 294 Å². The van der Waals surface area contributed by atoms with Crippen LogP contribution in [0.4, 0.5) is 9.59 Å². The maximum Gasteiger partial charge on any atom is 0.407 e. The van der Waals surface area contributed by atoms with E-state index in [1.54, 1.807) is 23.1 Å². The molecule has 1 aromatic heterocycles. The Balaban J connectivity index is 1.25. The van der Waals surface area contributed by atoms with Crippen molar-refractivity contribution in [3.63, 3.8) is 0 Å². The van der Waals surface area contributed by atoms with E-state index in [9.17, 15) is 24.3 Å². The average molecular weight is 701 g/mol. The third-order valence-corrected chi connectivity index (χ3v) is 8.80. The molecule has 12 nitrogen and oxygen atoms in total. The Hall–Kier alpha value is -5.56. The second-order valence-corrected chi connectivity index (χ2v) is 12.7. The van der Waals surface area contributed by atoms with Gasteiger partial charge in [0.1, 0.15) is 12.6 Å². The van der Waals surface area contributed by atoms with E-state index < -0.39 is 36.6 Å². The number of aliphatic carboxylic acids is 1.